The van der Waals surface area contributed by atoms with Crippen molar-refractivity contribution in [2.45, 2.75) is 52.7 Å². The highest BCUT2D eigenvalue weighted by molar-refractivity contribution is 5.89. The lowest BCUT2D eigenvalue weighted by molar-refractivity contribution is -0.150. The Kier molecular flexibility index (Phi) is 9.78. The number of carbonyl (C=O) groups excluding carboxylic acids is 3. The minimum atomic E-state index is -0.458. The van der Waals surface area contributed by atoms with Crippen molar-refractivity contribution >= 4 is 17.7 Å². The molecule has 0 amide bonds. The van der Waals surface area contributed by atoms with Gasteiger partial charge < -0.3 is 9.47 Å². The lowest BCUT2D eigenvalue weighted by Gasteiger charge is -2.19. The Labute approximate surface area is 178 Å². The van der Waals surface area contributed by atoms with E-state index in [-0.39, 0.29) is 31.8 Å². The van der Waals surface area contributed by atoms with Crippen LogP contribution in [-0.4, -0.2) is 17.7 Å². The summed E-state index contributed by atoms with van der Waals surface area (Å²) in [4.78, 5) is 37.3. The fourth-order valence-electron chi connectivity index (χ4n) is 3.22. The molecule has 30 heavy (non-hydrogen) atoms. The third-order valence-electron chi connectivity index (χ3n) is 5.10. The minimum absolute atomic E-state index is 0.0255. The molecule has 5 nitrogen and oxygen atoms in total. The molecule has 0 bridgehead atoms. The molecule has 0 spiro atoms. The molecule has 0 aliphatic heterocycles. The molecule has 0 aliphatic rings. The molecule has 0 aliphatic carbocycles. The highest BCUT2D eigenvalue weighted by Gasteiger charge is 2.29. The summed E-state index contributed by atoms with van der Waals surface area (Å²) in [6, 6.07) is 18.8. The molecule has 5 heteroatoms. The van der Waals surface area contributed by atoms with Crippen LogP contribution in [0, 0.1) is 11.8 Å². The number of rotatable bonds is 12. The van der Waals surface area contributed by atoms with Gasteiger partial charge in [-0.15, -0.1) is 0 Å². The Morgan fingerprint density at radius 2 is 1.03 bits per heavy atom. The third-order valence-corrected chi connectivity index (χ3v) is 5.10. The van der Waals surface area contributed by atoms with Crippen LogP contribution in [0.3, 0.4) is 0 Å². The molecule has 2 unspecified atom stereocenters. The lowest BCUT2D eigenvalue weighted by atomic mass is 9.85. The topological polar surface area (TPSA) is 69.7 Å². The fraction of sp³-hybridized carbons (Fsp3) is 0.400. The third kappa shape index (κ3) is 7.82. The zero-order chi connectivity index (χ0) is 21.8. The van der Waals surface area contributed by atoms with Gasteiger partial charge in [-0.25, -0.2) is 0 Å². The zero-order valence-corrected chi connectivity index (χ0v) is 17.7. The van der Waals surface area contributed by atoms with Gasteiger partial charge in [-0.2, -0.15) is 0 Å². The molecule has 2 rings (SSSR count). The zero-order valence-electron chi connectivity index (χ0n) is 17.7. The maximum atomic E-state index is 12.9. The summed E-state index contributed by atoms with van der Waals surface area (Å²) < 4.78 is 10.6. The summed E-state index contributed by atoms with van der Waals surface area (Å²) in [5, 5.41) is 0. The molecule has 0 N–H and O–H groups in total. The van der Waals surface area contributed by atoms with Gasteiger partial charge in [0.15, 0.2) is 0 Å². The fourth-order valence-corrected chi connectivity index (χ4v) is 3.22. The first-order chi connectivity index (χ1) is 14.5. The molecule has 2 aromatic carbocycles. The molecule has 2 aromatic rings. The number of esters is 2. The van der Waals surface area contributed by atoms with Crippen LogP contribution in [-0.2, 0) is 37.1 Å². The Morgan fingerprint density at radius 3 is 1.37 bits per heavy atom. The summed E-state index contributed by atoms with van der Waals surface area (Å²) >= 11 is 0. The van der Waals surface area contributed by atoms with Gasteiger partial charge in [-0.3, -0.25) is 14.4 Å². The normalized spacial score (nSPS) is 12.6. The summed E-state index contributed by atoms with van der Waals surface area (Å²) in [7, 11) is 0. The predicted octanol–water partition coefficient (Wildman–Crippen LogP) is 4.87. The van der Waals surface area contributed by atoms with Crippen molar-refractivity contribution in [2.24, 2.45) is 11.8 Å². The van der Waals surface area contributed by atoms with Crippen LogP contribution in [0.25, 0.3) is 0 Å². The smallest absolute Gasteiger partial charge is 0.306 e. The standard InChI is InChI=1S/C25H30O5/c1-3-21(15-23(26)29-17-19-11-7-5-8-12-19)25(28)22(4-2)16-24(27)30-18-20-13-9-6-10-14-20/h5-14,21-22H,3-4,15-18H2,1-2H3. The van der Waals surface area contributed by atoms with Gasteiger partial charge in [0.25, 0.3) is 0 Å². The second-order valence-electron chi connectivity index (χ2n) is 7.31. The van der Waals surface area contributed by atoms with E-state index in [1.807, 2.05) is 74.5 Å². The van der Waals surface area contributed by atoms with Gasteiger partial charge in [-0.1, -0.05) is 74.5 Å². The van der Waals surface area contributed by atoms with Crippen molar-refractivity contribution in [1.82, 2.24) is 0 Å². The van der Waals surface area contributed by atoms with E-state index in [1.165, 1.54) is 0 Å². The van der Waals surface area contributed by atoms with Crippen molar-refractivity contribution in [3.63, 3.8) is 0 Å². The molecular weight excluding hydrogens is 380 g/mol. The van der Waals surface area contributed by atoms with Crippen molar-refractivity contribution in [3.8, 4) is 0 Å². The lowest BCUT2D eigenvalue weighted by Crippen LogP contribution is -2.28. The van der Waals surface area contributed by atoms with E-state index >= 15 is 0 Å². The molecule has 0 saturated heterocycles. The van der Waals surface area contributed by atoms with E-state index < -0.39 is 23.8 Å². The summed E-state index contributed by atoms with van der Waals surface area (Å²) in [6.07, 6.45) is 1.10. The first-order valence-electron chi connectivity index (χ1n) is 10.5. The SMILES string of the molecule is CCC(CC(=O)OCc1ccccc1)C(=O)C(CC)CC(=O)OCc1ccccc1. The van der Waals surface area contributed by atoms with E-state index in [4.69, 9.17) is 9.47 Å². The second kappa shape index (κ2) is 12.6. The number of benzene rings is 2. The highest BCUT2D eigenvalue weighted by atomic mass is 16.5. The monoisotopic (exact) mass is 410 g/mol. The molecule has 0 aromatic heterocycles. The number of ether oxygens (including phenoxy) is 2. The van der Waals surface area contributed by atoms with Gasteiger partial charge in [0.1, 0.15) is 19.0 Å². The van der Waals surface area contributed by atoms with Gasteiger partial charge in [-0.05, 0) is 24.0 Å². The molecule has 0 saturated carbocycles. The first kappa shape index (κ1) is 23.3. The van der Waals surface area contributed by atoms with Crippen LogP contribution in [0.15, 0.2) is 60.7 Å². The van der Waals surface area contributed by atoms with Crippen LogP contribution < -0.4 is 0 Å². The van der Waals surface area contributed by atoms with E-state index in [0.29, 0.717) is 12.8 Å². The predicted molar refractivity (Wildman–Crippen MR) is 114 cm³/mol. The molecule has 160 valence electrons. The Balaban J connectivity index is 1.83. The van der Waals surface area contributed by atoms with E-state index in [9.17, 15) is 14.4 Å². The number of hydrogen-bond donors (Lipinski definition) is 0. The number of Topliss-reactive ketones (excluding diaryl/α,β-unsaturated/α-hetero) is 1. The molecular formula is C25H30O5. The van der Waals surface area contributed by atoms with Crippen molar-refractivity contribution in [1.29, 1.82) is 0 Å². The van der Waals surface area contributed by atoms with Crippen LogP contribution >= 0.6 is 0 Å². The van der Waals surface area contributed by atoms with Gasteiger partial charge in [0.05, 0.1) is 12.8 Å². The highest BCUT2D eigenvalue weighted by Crippen LogP contribution is 2.22. The van der Waals surface area contributed by atoms with Gasteiger partial charge >= 0.3 is 11.9 Å². The van der Waals surface area contributed by atoms with Crippen molar-refractivity contribution in [2.75, 3.05) is 0 Å². The Bertz CT molecular complexity index is 733. The largest absolute Gasteiger partial charge is 0.461 e. The maximum absolute atomic E-state index is 12.9. The van der Waals surface area contributed by atoms with Crippen molar-refractivity contribution in [3.05, 3.63) is 71.8 Å². The second-order valence-corrected chi connectivity index (χ2v) is 7.31. The molecule has 0 fully saturated rings. The van der Waals surface area contributed by atoms with Crippen LogP contribution in [0.2, 0.25) is 0 Å². The summed E-state index contributed by atoms with van der Waals surface area (Å²) in [5.74, 6) is -1.80. The molecule has 2 atom stereocenters. The first-order valence-corrected chi connectivity index (χ1v) is 10.5. The Hall–Kier alpha value is -2.95. The maximum Gasteiger partial charge on any atom is 0.306 e. The Morgan fingerprint density at radius 1 is 0.667 bits per heavy atom. The van der Waals surface area contributed by atoms with Crippen molar-refractivity contribution < 1.29 is 23.9 Å². The summed E-state index contributed by atoms with van der Waals surface area (Å²) in [5.41, 5.74) is 1.80. The number of hydrogen-bond acceptors (Lipinski definition) is 5. The van der Waals surface area contributed by atoms with E-state index in [0.717, 1.165) is 11.1 Å². The van der Waals surface area contributed by atoms with Crippen LogP contribution in [0.5, 0.6) is 0 Å². The summed E-state index contributed by atoms with van der Waals surface area (Å²) in [6.45, 7) is 4.11. The van der Waals surface area contributed by atoms with Gasteiger partial charge in [0, 0.05) is 11.8 Å². The van der Waals surface area contributed by atoms with Crippen LogP contribution in [0.1, 0.15) is 50.7 Å². The quantitative estimate of drug-likeness (QED) is 0.467. The van der Waals surface area contributed by atoms with Crippen LogP contribution in [0.4, 0.5) is 0 Å². The molecule has 0 heterocycles. The van der Waals surface area contributed by atoms with Gasteiger partial charge in [0.2, 0.25) is 0 Å². The average Bonchev–Trinajstić information content (AvgIpc) is 2.79. The minimum Gasteiger partial charge on any atom is -0.461 e. The average molecular weight is 411 g/mol. The van der Waals surface area contributed by atoms with E-state index in [2.05, 4.69) is 0 Å². The number of ketones is 1. The number of carbonyl (C=O) groups is 3. The van der Waals surface area contributed by atoms with E-state index in [1.54, 1.807) is 0 Å². The molecule has 0 radical (unpaired) electrons.